The number of ether oxygens (including phenoxy) is 1. The smallest absolute Gasteiger partial charge is 0.241 e. The minimum atomic E-state index is -3.78. The van der Waals surface area contributed by atoms with E-state index < -0.39 is 16.1 Å². The molecule has 8 heteroatoms. The summed E-state index contributed by atoms with van der Waals surface area (Å²) in [4.78, 5) is 4.93. The SMILES string of the molecule is CC(C)COc1ccc2nc(C(Cc3cccc(C#N)c3)NS(=O)(=O)c3ccccc3)sc2c1. The second kappa shape index (κ2) is 10.3. The van der Waals surface area contributed by atoms with Crippen molar-refractivity contribution in [1.29, 1.82) is 5.26 Å². The van der Waals surface area contributed by atoms with E-state index in [0.29, 0.717) is 29.5 Å². The van der Waals surface area contributed by atoms with E-state index in [1.54, 1.807) is 48.5 Å². The molecule has 4 aromatic rings. The summed E-state index contributed by atoms with van der Waals surface area (Å²) in [7, 11) is -3.78. The third kappa shape index (κ3) is 5.81. The topological polar surface area (TPSA) is 92.1 Å². The summed E-state index contributed by atoms with van der Waals surface area (Å²) in [5, 5.41) is 9.91. The quantitative estimate of drug-likeness (QED) is 0.335. The van der Waals surface area contributed by atoms with Crippen LogP contribution < -0.4 is 9.46 Å². The first-order chi connectivity index (χ1) is 16.3. The standard InChI is InChI=1S/C26H25N3O3S2/c1-18(2)17-32-21-11-12-23-25(15-21)33-26(28-23)24(14-19-7-6-8-20(13-19)16-27)29-34(30,31)22-9-4-3-5-10-22/h3-13,15,18,24,29H,14,17H2,1-2H3. The number of sulfonamides is 1. The zero-order valence-corrected chi connectivity index (χ0v) is 20.6. The predicted molar refractivity (Wildman–Crippen MR) is 134 cm³/mol. The van der Waals surface area contributed by atoms with Gasteiger partial charge in [-0.3, -0.25) is 0 Å². The summed E-state index contributed by atoms with van der Waals surface area (Å²) in [6.07, 6.45) is 0.359. The van der Waals surface area contributed by atoms with Crippen LogP contribution in [0.15, 0.2) is 77.7 Å². The minimum Gasteiger partial charge on any atom is -0.493 e. The first-order valence-electron chi connectivity index (χ1n) is 10.9. The van der Waals surface area contributed by atoms with Gasteiger partial charge in [-0.2, -0.15) is 5.26 Å². The molecule has 0 saturated carbocycles. The minimum absolute atomic E-state index is 0.191. The molecule has 4 rings (SSSR count). The van der Waals surface area contributed by atoms with E-state index in [0.717, 1.165) is 21.5 Å². The molecule has 1 N–H and O–H groups in total. The van der Waals surface area contributed by atoms with Crippen LogP contribution in [0.25, 0.3) is 10.2 Å². The Balaban J connectivity index is 1.69. The van der Waals surface area contributed by atoms with Crippen molar-refractivity contribution < 1.29 is 13.2 Å². The van der Waals surface area contributed by atoms with Crippen LogP contribution in [0, 0.1) is 17.2 Å². The fourth-order valence-corrected chi connectivity index (χ4v) is 5.81. The molecular weight excluding hydrogens is 466 g/mol. The molecule has 6 nitrogen and oxygen atoms in total. The van der Waals surface area contributed by atoms with Crippen LogP contribution >= 0.6 is 11.3 Å². The summed E-state index contributed by atoms with van der Waals surface area (Å²) < 4.78 is 35.9. The van der Waals surface area contributed by atoms with E-state index in [4.69, 9.17) is 9.72 Å². The van der Waals surface area contributed by atoms with Crippen LogP contribution in [0.1, 0.15) is 36.0 Å². The number of fused-ring (bicyclic) bond motifs is 1. The molecule has 1 aromatic heterocycles. The van der Waals surface area contributed by atoms with Gasteiger partial charge in [-0.05, 0) is 60.4 Å². The van der Waals surface area contributed by atoms with Crippen molar-refractivity contribution in [2.24, 2.45) is 5.92 Å². The molecule has 0 saturated heterocycles. The van der Waals surface area contributed by atoms with E-state index in [1.165, 1.54) is 11.3 Å². The van der Waals surface area contributed by atoms with Gasteiger partial charge in [0.1, 0.15) is 10.8 Å². The summed E-state index contributed by atoms with van der Waals surface area (Å²) in [5.41, 5.74) is 2.16. The molecular formula is C26H25N3O3S2. The van der Waals surface area contributed by atoms with Crippen LogP contribution in [0.2, 0.25) is 0 Å². The Bertz CT molecular complexity index is 1420. The van der Waals surface area contributed by atoms with Gasteiger partial charge in [0.05, 0.1) is 39.4 Å². The Morgan fingerprint density at radius 3 is 2.59 bits per heavy atom. The number of hydrogen-bond acceptors (Lipinski definition) is 6. The van der Waals surface area contributed by atoms with Crippen molar-refractivity contribution in [3.63, 3.8) is 0 Å². The van der Waals surface area contributed by atoms with Crippen molar-refractivity contribution in [3.05, 3.63) is 88.9 Å². The lowest BCUT2D eigenvalue weighted by molar-refractivity contribution is 0.271. The Morgan fingerprint density at radius 2 is 1.85 bits per heavy atom. The van der Waals surface area contributed by atoms with E-state index in [2.05, 4.69) is 24.6 Å². The third-order valence-corrected chi connectivity index (χ3v) is 7.72. The average Bonchev–Trinajstić information content (AvgIpc) is 3.26. The van der Waals surface area contributed by atoms with Gasteiger partial charge in [0.15, 0.2) is 0 Å². The van der Waals surface area contributed by atoms with Gasteiger partial charge in [-0.25, -0.2) is 18.1 Å². The molecule has 34 heavy (non-hydrogen) atoms. The Morgan fingerprint density at radius 1 is 1.06 bits per heavy atom. The molecule has 0 aliphatic heterocycles. The number of nitriles is 1. The molecule has 0 spiro atoms. The summed E-state index contributed by atoms with van der Waals surface area (Å²) in [5.74, 6) is 1.17. The van der Waals surface area contributed by atoms with Crippen molar-refractivity contribution in [2.45, 2.75) is 31.2 Å². The highest BCUT2D eigenvalue weighted by molar-refractivity contribution is 7.89. The molecule has 3 aromatic carbocycles. The largest absolute Gasteiger partial charge is 0.493 e. The van der Waals surface area contributed by atoms with Crippen LogP contribution in [-0.4, -0.2) is 20.0 Å². The second-order valence-corrected chi connectivity index (χ2v) is 11.2. The number of hydrogen-bond donors (Lipinski definition) is 1. The molecule has 1 heterocycles. The highest BCUT2D eigenvalue weighted by Gasteiger charge is 2.25. The van der Waals surface area contributed by atoms with Gasteiger partial charge < -0.3 is 4.74 Å². The number of rotatable bonds is 9. The van der Waals surface area contributed by atoms with Crippen LogP contribution in [0.4, 0.5) is 0 Å². The van der Waals surface area contributed by atoms with Crippen LogP contribution in [0.3, 0.4) is 0 Å². The maximum atomic E-state index is 13.1. The van der Waals surface area contributed by atoms with Gasteiger partial charge in [-0.15, -0.1) is 11.3 Å². The lowest BCUT2D eigenvalue weighted by Gasteiger charge is -2.17. The molecule has 0 radical (unpaired) electrons. The average molecular weight is 492 g/mol. The van der Waals surface area contributed by atoms with E-state index >= 15 is 0 Å². The van der Waals surface area contributed by atoms with Crippen molar-refractivity contribution >= 4 is 31.6 Å². The monoisotopic (exact) mass is 491 g/mol. The first-order valence-corrected chi connectivity index (χ1v) is 13.2. The molecule has 174 valence electrons. The molecule has 1 atom stereocenters. The fourth-order valence-electron chi connectivity index (χ4n) is 3.46. The molecule has 0 bridgehead atoms. The van der Waals surface area contributed by atoms with E-state index in [9.17, 15) is 13.7 Å². The second-order valence-electron chi connectivity index (χ2n) is 8.39. The molecule has 0 amide bonds. The summed E-state index contributed by atoms with van der Waals surface area (Å²) in [6.45, 7) is 4.80. The van der Waals surface area contributed by atoms with Crippen molar-refractivity contribution in [2.75, 3.05) is 6.61 Å². The zero-order valence-electron chi connectivity index (χ0n) is 18.9. The van der Waals surface area contributed by atoms with Gasteiger partial charge in [0, 0.05) is 0 Å². The van der Waals surface area contributed by atoms with E-state index in [1.807, 2.05) is 24.3 Å². The first kappa shape index (κ1) is 23.9. The predicted octanol–water partition coefficient (Wildman–Crippen LogP) is 5.47. The number of thiazole rings is 1. The maximum absolute atomic E-state index is 13.1. The molecule has 1 unspecified atom stereocenters. The molecule has 0 fully saturated rings. The van der Waals surface area contributed by atoms with Crippen molar-refractivity contribution in [1.82, 2.24) is 9.71 Å². The van der Waals surface area contributed by atoms with Crippen molar-refractivity contribution in [3.8, 4) is 11.8 Å². The van der Waals surface area contributed by atoms with Crippen LogP contribution in [0.5, 0.6) is 5.75 Å². The van der Waals surface area contributed by atoms with Crippen LogP contribution in [-0.2, 0) is 16.4 Å². The van der Waals surface area contributed by atoms with Gasteiger partial charge in [0.2, 0.25) is 10.0 Å². The van der Waals surface area contributed by atoms with Gasteiger partial charge in [-0.1, -0.05) is 44.2 Å². The highest BCUT2D eigenvalue weighted by atomic mass is 32.2. The van der Waals surface area contributed by atoms with Gasteiger partial charge >= 0.3 is 0 Å². The Kier molecular flexibility index (Phi) is 7.27. The Hall–Kier alpha value is -3.25. The molecule has 0 aliphatic rings. The highest BCUT2D eigenvalue weighted by Crippen LogP contribution is 2.32. The zero-order chi connectivity index (χ0) is 24.1. The number of nitrogens with one attached hydrogen (secondary N) is 1. The molecule has 0 aliphatic carbocycles. The summed E-state index contributed by atoms with van der Waals surface area (Å²) in [6, 6.07) is 22.7. The third-order valence-electron chi connectivity index (χ3n) is 5.10. The normalized spacial score (nSPS) is 12.5. The maximum Gasteiger partial charge on any atom is 0.241 e. The number of benzene rings is 3. The number of aromatic nitrogens is 1. The van der Waals surface area contributed by atoms with E-state index in [-0.39, 0.29) is 4.90 Å². The number of nitrogens with zero attached hydrogens (tertiary/aromatic N) is 2. The van der Waals surface area contributed by atoms with Gasteiger partial charge in [0.25, 0.3) is 0 Å². The fraction of sp³-hybridized carbons (Fsp3) is 0.231. The Labute approximate surface area is 203 Å². The lowest BCUT2D eigenvalue weighted by Crippen LogP contribution is -2.30. The summed E-state index contributed by atoms with van der Waals surface area (Å²) >= 11 is 1.44. The lowest BCUT2D eigenvalue weighted by atomic mass is 10.0.